The number of aliphatic hydroxyl groups excluding tert-OH is 7. The summed E-state index contributed by atoms with van der Waals surface area (Å²) < 4.78 is 34.3. The van der Waals surface area contributed by atoms with Crippen molar-refractivity contribution in [2.24, 2.45) is 0 Å². The third kappa shape index (κ3) is 30.6. The molecule has 0 bridgehead atoms. The zero-order valence-electron chi connectivity index (χ0n) is 44.0. The second-order valence-corrected chi connectivity index (χ2v) is 20.1. The standard InChI is InChI=1S/C56H104O14/c1-3-5-7-9-11-13-15-17-18-19-20-21-22-23-24-25-26-27-29-31-33-35-37-39-48(58)68-45(42-65-40-38-36-34-32-30-28-16-14-12-10-8-6-4-2)43-66-55-54(64)52(62)50(60)47(70-55)44-67-56-53(63)51(61)49(59)46(41-57)69-56/h15,17,19-20,45-47,49-57,59-64H,3-14,16,18,21-44H2,1-2H3/b17-15-,20-19-. The number of hydrogen-bond acceptors (Lipinski definition) is 14. The third-order valence-electron chi connectivity index (χ3n) is 13.7. The summed E-state index contributed by atoms with van der Waals surface area (Å²) in [6, 6.07) is 0. The van der Waals surface area contributed by atoms with Gasteiger partial charge in [0.25, 0.3) is 0 Å². The monoisotopic (exact) mass is 1000 g/mol. The van der Waals surface area contributed by atoms with Gasteiger partial charge < -0.3 is 64.2 Å². The first-order valence-corrected chi connectivity index (χ1v) is 28.4. The zero-order chi connectivity index (χ0) is 50.9. The average molecular weight is 1000 g/mol. The van der Waals surface area contributed by atoms with E-state index in [4.69, 9.17) is 28.4 Å². The Morgan fingerprint density at radius 3 is 1.37 bits per heavy atom. The predicted octanol–water partition coefficient (Wildman–Crippen LogP) is 9.58. The van der Waals surface area contributed by atoms with Crippen molar-refractivity contribution in [2.45, 2.75) is 293 Å². The maximum atomic E-state index is 13.1. The Kier molecular flexibility index (Phi) is 40.4. The first-order valence-electron chi connectivity index (χ1n) is 28.4. The van der Waals surface area contributed by atoms with Crippen LogP contribution in [-0.2, 0) is 33.2 Å². The van der Waals surface area contributed by atoms with Crippen molar-refractivity contribution in [1.29, 1.82) is 0 Å². The van der Waals surface area contributed by atoms with Crippen molar-refractivity contribution in [3.63, 3.8) is 0 Å². The van der Waals surface area contributed by atoms with Crippen molar-refractivity contribution in [2.75, 3.05) is 33.0 Å². The van der Waals surface area contributed by atoms with E-state index in [1.165, 1.54) is 154 Å². The molecule has 14 nitrogen and oxygen atoms in total. The normalized spacial score (nSPS) is 25.6. The maximum Gasteiger partial charge on any atom is 0.306 e. The van der Waals surface area contributed by atoms with Crippen molar-refractivity contribution in [3.05, 3.63) is 24.3 Å². The smallest absolute Gasteiger partial charge is 0.306 e. The molecule has 0 amide bonds. The molecule has 0 saturated carbocycles. The fourth-order valence-electron chi connectivity index (χ4n) is 9.08. The van der Waals surface area contributed by atoms with E-state index < -0.39 is 80.7 Å². The SMILES string of the molecule is CCCCCCC/C=C\C/C=C\CCCCCCCCCCCCCC(=O)OC(COCCCCCCCCCCCCCCC)COC1OC(COC2OC(CO)C(O)C(O)C2O)C(O)C(O)C1O. The molecule has 2 fully saturated rings. The molecule has 0 aromatic rings. The van der Waals surface area contributed by atoms with Crippen molar-refractivity contribution >= 4 is 5.97 Å². The number of esters is 1. The lowest BCUT2D eigenvalue weighted by molar-refractivity contribution is -0.332. The van der Waals surface area contributed by atoms with Gasteiger partial charge in [-0.05, 0) is 44.9 Å². The average Bonchev–Trinajstić information content (AvgIpc) is 3.36. The van der Waals surface area contributed by atoms with E-state index in [-0.39, 0.29) is 25.6 Å². The van der Waals surface area contributed by atoms with Gasteiger partial charge in [0, 0.05) is 13.0 Å². The zero-order valence-corrected chi connectivity index (χ0v) is 44.0. The lowest BCUT2D eigenvalue weighted by Crippen LogP contribution is -2.61. The van der Waals surface area contributed by atoms with E-state index in [1.54, 1.807) is 0 Å². The molecular formula is C56H104O14. The molecule has 2 heterocycles. The van der Waals surface area contributed by atoms with E-state index in [0.717, 1.165) is 44.9 Å². The molecule has 2 rings (SSSR count). The summed E-state index contributed by atoms with van der Waals surface area (Å²) in [5, 5.41) is 72.2. The number of unbranched alkanes of at least 4 members (excludes halogenated alkanes) is 28. The van der Waals surface area contributed by atoms with Crippen LogP contribution in [0.1, 0.15) is 226 Å². The quantitative estimate of drug-likeness (QED) is 0.0172. The van der Waals surface area contributed by atoms with Gasteiger partial charge in [0.1, 0.15) is 54.9 Å². The Balaban J connectivity index is 1.70. The maximum absolute atomic E-state index is 13.1. The lowest BCUT2D eigenvalue weighted by Gasteiger charge is -2.42. The Labute approximate surface area is 424 Å². The van der Waals surface area contributed by atoms with Crippen LogP contribution in [0.25, 0.3) is 0 Å². The van der Waals surface area contributed by atoms with Crippen LogP contribution in [0.3, 0.4) is 0 Å². The summed E-state index contributed by atoms with van der Waals surface area (Å²) in [6.07, 6.45) is 32.4. The lowest BCUT2D eigenvalue weighted by atomic mass is 9.98. The van der Waals surface area contributed by atoms with Crippen LogP contribution in [0, 0.1) is 0 Å². The summed E-state index contributed by atoms with van der Waals surface area (Å²) in [5.41, 5.74) is 0. The van der Waals surface area contributed by atoms with Gasteiger partial charge >= 0.3 is 5.97 Å². The molecule has 7 N–H and O–H groups in total. The first-order chi connectivity index (χ1) is 34.1. The number of aliphatic hydroxyl groups is 7. The summed E-state index contributed by atoms with van der Waals surface area (Å²) in [7, 11) is 0. The van der Waals surface area contributed by atoms with Gasteiger partial charge in [0.05, 0.1) is 26.4 Å². The molecule has 70 heavy (non-hydrogen) atoms. The van der Waals surface area contributed by atoms with Crippen LogP contribution in [0.15, 0.2) is 24.3 Å². The molecule has 0 aromatic heterocycles. The minimum Gasteiger partial charge on any atom is -0.457 e. The second-order valence-electron chi connectivity index (χ2n) is 20.1. The van der Waals surface area contributed by atoms with Crippen molar-refractivity contribution in [3.8, 4) is 0 Å². The van der Waals surface area contributed by atoms with E-state index >= 15 is 0 Å². The van der Waals surface area contributed by atoms with Crippen LogP contribution in [0.5, 0.6) is 0 Å². The van der Waals surface area contributed by atoms with Crippen LogP contribution in [-0.4, -0.2) is 142 Å². The number of carbonyl (C=O) groups excluding carboxylic acids is 1. The topological polar surface area (TPSA) is 214 Å². The molecule has 2 saturated heterocycles. The van der Waals surface area contributed by atoms with Crippen LogP contribution < -0.4 is 0 Å². The molecule has 11 atom stereocenters. The van der Waals surface area contributed by atoms with Crippen LogP contribution in [0.2, 0.25) is 0 Å². The van der Waals surface area contributed by atoms with Crippen LogP contribution >= 0.6 is 0 Å². The minimum atomic E-state index is -1.70. The van der Waals surface area contributed by atoms with Gasteiger partial charge in [0.2, 0.25) is 0 Å². The minimum absolute atomic E-state index is 0.0654. The number of hydrogen-bond donors (Lipinski definition) is 7. The van der Waals surface area contributed by atoms with E-state index in [9.17, 15) is 40.5 Å². The summed E-state index contributed by atoms with van der Waals surface area (Å²) in [6.45, 7) is 3.71. The summed E-state index contributed by atoms with van der Waals surface area (Å²) in [4.78, 5) is 13.1. The highest BCUT2D eigenvalue weighted by Gasteiger charge is 2.47. The highest BCUT2D eigenvalue weighted by molar-refractivity contribution is 5.69. The molecule has 0 aliphatic carbocycles. The van der Waals surface area contributed by atoms with Gasteiger partial charge in [-0.2, -0.15) is 0 Å². The molecule has 2 aliphatic rings. The third-order valence-corrected chi connectivity index (χ3v) is 13.7. The van der Waals surface area contributed by atoms with E-state index in [0.29, 0.717) is 13.0 Å². The number of ether oxygens (including phenoxy) is 6. The summed E-state index contributed by atoms with van der Waals surface area (Å²) >= 11 is 0. The Bertz CT molecular complexity index is 1250. The number of rotatable bonds is 46. The van der Waals surface area contributed by atoms with E-state index in [1.807, 2.05) is 0 Å². The molecule has 14 heteroatoms. The molecule has 0 aromatic carbocycles. The van der Waals surface area contributed by atoms with Gasteiger partial charge in [-0.25, -0.2) is 0 Å². The molecule has 11 unspecified atom stereocenters. The summed E-state index contributed by atoms with van der Waals surface area (Å²) in [5.74, 6) is -0.375. The fourth-order valence-corrected chi connectivity index (χ4v) is 9.08. The highest BCUT2D eigenvalue weighted by Crippen LogP contribution is 2.27. The van der Waals surface area contributed by atoms with Gasteiger partial charge in [0.15, 0.2) is 12.6 Å². The first kappa shape index (κ1) is 64.6. The molecule has 0 radical (unpaired) electrons. The molecular weight excluding hydrogens is 897 g/mol. The second kappa shape index (κ2) is 43.8. The van der Waals surface area contributed by atoms with Gasteiger partial charge in [-0.3, -0.25) is 4.79 Å². The Hall–Kier alpha value is -1.53. The van der Waals surface area contributed by atoms with Gasteiger partial charge in [-0.15, -0.1) is 0 Å². The Morgan fingerprint density at radius 2 is 0.886 bits per heavy atom. The van der Waals surface area contributed by atoms with Crippen molar-refractivity contribution < 1.29 is 69.0 Å². The fraction of sp³-hybridized carbons (Fsp3) is 0.911. The van der Waals surface area contributed by atoms with Gasteiger partial charge in [-0.1, -0.05) is 199 Å². The predicted molar refractivity (Wildman–Crippen MR) is 275 cm³/mol. The van der Waals surface area contributed by atoms with E-state index in [2.05, 4.69) is 38.2 Å². The molecule has 412 valence electrons. The largest absolute Gasteiger partial charge is 0.457 e. The van der Waals surface area contributed by atoms with Crippen molar-refractivity contribution in [1.82, 2.24) is 0 Å². The number of allylic oxidation sites excluding steroid dienone is 4. The number of carbonyl (C=O) groups is 1. The van der Waals surface area contributed by atoms with Crippen LogP contribution in [0.4, 0.5) is 0 Å². The highest BCUT2D eigenvalue weighted by atomic mass is 16.7. The molecule has 2 aliphatic heterocycles. The Morgan fingerprint density at radius 1 is 0.471 bits per heavy atom. The molecule has 0 spiro atoms.